The fourth-order valence-electron chi connectivity index (χ4n) is 2.00. The Morgan fingerprint density at radius 1 is 1.09 bits per heavy atom. The average molecular weight is 374 g/mol. The van der Waals surface area contributed by atoms with E-state index in [0.717, 1.165) is 4.31 Å². The van der Waals surface area contributed by atoms with Crippen LogP contribution in [0.4, 0.5) is 5.69 Å². The first-order valence-corrected chi connectivity index (χ1v) is 8.72. The van der Waals surface area contributed by atoms with Crippen molar-refractivity contribution in [2.75, 3.05) is 4.31 Å². The normalized spacial score (nSPS) is 12.7. The number of nitrogens with zero attached hydrogens (tertiary/aromatic N) is 1. The minimum atomic E-state index is -4.08. The Labute approximate surface area is 144 Å². The molecule has 0 aliphatic carbocycles. The second kappa shape index (κ2) is 6.78. The van der Waals surface area contributed by atoms with Crippen molar-refractivity contribution in [2.24, 2.45) is 0 Å². The maximum absolute atomic E-state index is 12.9. The zero-order chi connectivity index (χ0) is 17.2. The van der Waals surface area contributed by atoms with Crippen LogP contribution in [0, 0.1) is 0 Å². The largest absolute Gasteiger partial charge is 0.480 e. The van der Waals surface area contributed by atoms with E-state index in [1.807, 2.05) is 0 Å². The quantitative estimate of drug-likeness (QED) is 0.867. The standard InChI is InChI=1S/C15H13Cl2NO4S/c1-10(15(19)20)18(11-7-8-13(16)14(17)9-11)23(21,22)12-5-3-2-4-6-12/h2-10H,1H3,(H,19,20). The zero-order valence-electron chi connectivity index (χ0n) is 12.0. The molecule has 2 rings (SSSR count). The summed E-state index contributed by atoms with van der Waals surface area (Å²) in [6, 6.07) is 10.4. The molecule has 0 aliphatic rings. The minimum Gasteiger partial charge on any atom is -0.480 e. The minimum absolute atomic E-state index is 0.0147. The number of halogens is 2. The molecule has 1 unspecified atom stereocenters. The number of rotatable bonds is 5. The van der Waals surface area contributed by atoms with Crippen molar-refractivity contribution in [3.63, 3.8) is 0 Å². The van der Waals surface area contributed by atoms with Gasteiger partial charge in [0.1, 0.15) is 6.04 Å². The van der Waals surface area contributed by atoms with Gasteiger partial charge in [0.2, 0.25) is 0 Å². The monoisotopic (exact) mass is 373 g/mol. The van der Waals surface area contributed by atoms with Crippen molar-refractivity contribution in [1.29, 1.82) is 0 Å². The lowest BCUT2D eigenvalue weighted by molar-refractivity contribution is -0.137. The molecule has 1 atom stereocenters. The van der Waals surface area contributed by atoms with Crippen LogP contribution in [0.25, 0.3) is 0 Å². The first kappa shape index (κ1) is 17.6. The van der Waals surface area contributed by atoms with Gasteiger partial charge in [-0.05, 0) is 37.3 Å². The third-order valence-electron chi connectivity index (χ3n) is 3.17. The molecule has 122 valence electrons. The number of aliphatic carboxylic acids is 1. The zero-order valence-corrected chi connectivity index (χ0v) is 14.3. The summed E-state index contributed by atoms with van der Waals surface area (Å²) in [5.74, 6) is -1.28. The van der Waals surface area contributed by atoms with Gasteiger partial charge >= 0.3 is 5.97 Å². The molecular formula is C15H13Cl2NO4S. The predicted octanol–water partition coefficient (Wildman–Crippen LogP) is 3.66. The third kappa shape index (κ3) is 3.60. The molecule has 5 nitrogen and oxygen atoms in total. The molecule has 0 aromatic heterocycles. The van der Waals surface area contributed by atoms with Gasteiger partial charge in [-0.25, -0.2) is 13.2 Å². The first-order valence-electron chi connectivity index (χ1n) is 6.52. The molecular weight excluding hydrogens is 361 g/mol. The molecule has 0 aliphatic heterocycles. The Bertz CT molecular complexity index is 825. The summed E-state index contributed by atoms with van der Waals surface area (Å²) in [4.78, 5) is 11.4. The molecule has 0 heterocycles. The summed E-state index contributed by atoms with van der Waals surface area (Å²) < 4.78 is 26.5. The van der Waals surface area contributed by atoms with Gasteiger partial charge < -0.3 is 5.11 Å². The van der Waals surface area contributed by atoms with Crippen molar-refractivity contribution < 1.29 is 18.3 Å². The summed E-state index contributed by atoms with van der Waals surface area (Å²) in [5.41, 5.74) is 0.123. The number of sulfonamides is 1. The van der Waals surface area contributed by atoms with Crippen molar-refractivity contribution in [1.82, 2.24) is 0 Å². The van der Waals surface area contributed by atoms with E-state index in [1.165, 1.54) is 37.3 Å². The van der Waals surface area contributed by atoms with Gasteiger partial charge in [0.05, 0.1) is 20.6 Å². The Balaban J connectivity index is 2.63. The average Bonchev–Trinajstić information content (AvgIpc) is 2.51. The van der Waals surface area contributed by atoms with Gasteiger partial charge in [-0.15, -0.1) is 0 Å². The smallest absolute Gasteiger partial charge is 0.327 e. The van der Waals surface area contributed by atoms with Gasteiger partial charge in [0.25, 0.3) is 10.0 Å². The summed E-state index contributed by atoms with van der Waals surface area (Å²) >= 11 is 11.8. The van der Waals surface area contributed by atoms with E-state index < -0.39 is 22.0 Å². The molecule has 0 radical (unpaired) electrons. The molecule has 0 bridgehead atoms. The molecule has 0 spiro atoms. The van der Waals surface area contributed by atoms with Crippen LogP contribution in [-0.2, 0) is 14.8 Å². The highest BCUT2D eigenvalue weighted by Crippen LogP contribution is 2.31. The van der Waals surface area contributed by atoms with Crippen LogP contribution in [0.1, 0.15) is 6.92 Å². The highest BCUT2D eigenvalue weighted by atomic mass is 35.5. The molecule has 0 saturated heterocycles. The van der Waals surface area contributed by atoms with E-state index in [1.54, 1.807) is 18.2 Å². The van der Waals surface area contributed by atoms with Crippen LogP contribution in [0.3, 0.4) is 0 Å². The van der Waals surface area contributed by atoms with Gasteiger partial charge in [-0.3, -0.25) is 4.31 Å². The van der Waals surface area contributed by atoms with E-state index in [0.29, 0.717) is 0 Å². The molecule has 2 aromatic carbocycles. The number of anilines is 1. The van der Waals surface area contributed by atoms with Gasteiger partial charge in [0, 0.05) is 0 Å². The molecule has 8 heteroatoms. The molecule has 1 N–H and O–H groups in total. The van der Waals surface area contributed by atoms with Crippen LogP contribution in [0.5, 0.6) is 0 Å². The number of hydrogen-bond donors (Lipinski definition) is 1. The third-order valence-corrected chi connectivity index (χ3v) is 5.82. The number of benzene rings is 2. The topological polar surface area (TPSA) is 74.7 Å². The van der Waals surface area contributed by atoms with Crippen LogP contribution in [-0.4, -0.2) is 25.5 Å². The van der Waals surface area contributed by atoms with Gasteiger partial charge in [0.15, 0.2) is 0 Å². The van der Waals surface area contributed by atoms with Gasteiger partial charge in [-0.2, -0.15) is 0 Å². The summed E-state index contributed by atoms with van der Waals surface area (Å²) in [6.07, 6.45) is 0. The van der Waals surface area contributed by atoms with E-state index >= 15 is 0 Å². The van der Waals surface area contributed by atoms with Crippen molar-refractivity contribution in [3.05, 3.63) is 58.6 Å². The van der Waals surface area contributed by atoms with Gasteiger partial charge in [-0.1, -0.05) is 41.4 Å². The first-order chi connectivity index (χ1) is 10.7. The molecule has 0 saturated carbocycles. The van der Waals surface area contributed by atoms with Crippen LogP contribution in [0.2, 0.25) is 10.0 Å². The van der Waals surface area contributed by atoms with E-state index in [-0.39, 0.29) is 20.6 Å². The number of carboxylic acids is 1. The Morgan fingerprint density at radius 3 is 2.22 bits per heavy atom. The second-order valence-electron chi connectivity index (χ2n) is 4.73. The Morgan fingerprint density at radius 2 is 1.70 bits per heavy atom. The number of carbonyl (C=O) groups is 1. The fraction of sp³-hybridized carbons (Fsp3) is 0.133. The molecule has 2 aromatic rings. The number of hydrogen-bond acceptors (Lipinski definition) is 3. The lowest BCUT2D eigenvalue weighted by atomic mass is 10.2. The van der Waals surface area contributed by atoms with E-state index in [2.05, 4.69) is 0 Å². The highest BCUT2D eigenvalue weighted by molar-refractivity contribution is 7.92. The summed E-state index contributed by atoms with van der Waals surface area (Å²) in [6.45, 7) is 1.28. The maximum atomic E-state index is 12.9. The second-order valence-corrected chi connectivity index (χ2v) is 7.36. The molecule has 0 amide bonds. The highest BCUT2D eigenvalue weighted by Gasteiger charge is 2.33. The molecule has 0 fully saturated rings. The lowest BCUT2D eigenvalue weighted by Crippen LogP contribution is -2.43. The van der Waals surface area contributed by atoms with E-state index in [4.69, 9.17) is 23.2 Å². The van der Waals surface area contributed by atoms with Crippen molar-refractivity contribution in [2.45, 2.75) is 17.9 Å². The Kier molecular flexibility index (Phi) is 5.19. The lowest BCUT2D eigenvalue weighted by Gasteiger charge is -2.28. The fourth-order valence-corrected chi connectivity index (χ4v) is 3.92. The van der Waals surface area contributed by atoms with Crippen molar-refractivity contribution >= 4 is 44.9 Å². The SMILES string of the molecule is CC(C(=O)O)N(c1ccc(Cl)c(Cl)c1)S(=O)(=O)c1ccccc1. The Hall–Kier alpha value is -1.76. The van der Waals surface area contributed by atoms with Crippen molar-refractivity contribution in [3.8, 4) is 0 Å². The van der Waals surface area contributed by atoms with Crippen LogP contribution >= 0.6 is 23.2 Å². The number of carboxylic acid groups (broad SMARTS) is 1. The van der Waals surface area contributed by atoms with E-state index in [9.17, 15) is 18.3 Å². The molecule has 23 heavy (non-hydrogen) atoms. The predicted molar refractivity (Wildman–Crippen MR) is 89.7 cm³/mol. The van der Waals surface area contributed by atoms with Crippen LogP contribution < -0.4 is 4.31 Å². The maximum Gasteiger partial charge on any atom is 0.327 e. The van der Waals surface area contributed by atoms with Crippen LogP contribution in [0.15, 0.2) is 53.4 Å². The summed E-state index contributed by atoms with van der Waals surface area (Å²) in [7, 11) is -4.08. The summed E-state index contributed by atoms with van der Waals surface area (Å²) in [5, 5.41) is 9.66.